The van der Waals surface area contributed by atoms with Crippen molar-refractivity contribution < 1.29 is 18.6 Å². The molecule has 0 atom stereocenters. The van der Waals surface area contributed by atoms with Crippen LogP contribution in [0.15, 0.2) is 27.8 Å². The molecule has 0 radical (unpaired) electrons. The third-order valence-corrected chi connectivity index (χ3v) is 5.82. The number of methoxy groups -OCH3 is 1. The summed E-state index contributed by atoms with van der Waals surface area (Å²) in [5.41, 5.74) is 0. The van der Waals surface area contributed by atoms with Gasteiger partial charge in [0.05, 0.1) is 25.6 Å². The number of aliphatic imine (C=N–C) groups is 1. The minimum atomic E-state index is 0.346. The minimum absolute atomic E-state index is 0.346. The average Bonchev–Trinajstić information content (AvgIpc) is 3.33. The third-order valence-electron chi connectivity index (χ3n) is 5.82. The molecule has 0 aromatic carbocycles. The maximum Gasteiger partial charge on any atom is 0.193 e. The monoisotopic (exact) mass is 436 g/mol. The Bertz CT molecular complexity index is 597. The van der Waals surface area contributed by atoms with Crippen LogP contribution in [0.5, 0.6) is 0 Å². The number of guanidine groups is 1. The van der Waals surface area contributed by atoms with Crippen molar-refractivity contribution in [3.63, 3.8) is 0 Å². The summed E-state index contributed by atoms with van der Waals surface area (Å²) in [6, 6.07) is 3.96. The van der Waals surface area contributed by atoms with Crippen LogP contribution in [0, 0.1) is 0 Å². The van der Waals surface area contributed by atoms with Crippen LogP contribution in [0.1, 0.15) is 31.4 Å². The number of morpholine rings is 1. The van der Waals surface area contributed by atoms with Gasteiger partial charge in [-0.3, -0.25) is 9.89 Å². The Morgan fingerprint density at radius 3 is 2.74 bits per heavy atom. The van der Waals surface area contributed by atoms with Gasteiger partial charge in [0.15, 0.2) is 5.96 Å². The van der Waals surface area contributed by atoms with Crippen LogP contribution in [0.25, 0.3) is 0 Å². The van der Waals surface area contributed by atoms with E-state index in [-0.39, 0.29) is 0 Å². The van der Waals surface area contributed by atoms with Crippen molar-refractivity contribution in [3.05, 3.63) is 24.2 Å². The fourth-order valence-corrected chi connectivity index (χ4v) is 4.01. The van der Waals surface area contributed by atoms with Crippen molar-refractivity contribution >= 4 is 5.96 Å². The van der Waals surface area contributed by atoms with E-state index in [9.17, 15) is 0 Å². The molecule has 0 aliphatic carbocycles. The van der Waals surface area contributed by atoms with Crippen molar-refractivity contribution in [2.24, 2.45) is 4.99 Å². The highest BCUT2D eigenvalue weighted by Gasteiger charge is 2.22. The second-order valence-electron chi connectivity index (χ2n) is 8.17. The Labute approximate surface area is 186 Å². The highest BCUT2D eigenvalue weighted by molar-refractivity contribution is 5.80. The van der Waals surface area contributed by atoms with Gasteiger partial charge in [-0.1, -0.05) is 0 Å². The predicted molar refractivity (Wildman–Crippen MR) is 122 cm³/mol. The first-order valence-corrected chi connectivity index (χ1v) is 11.8. The molecule has 3 heterocycles. The summed E-state index contributed by atoms with van der Waals surface area (Å²) in [6.45, 7) is 10.0. The van der Waals surface area contributed by atoms with Gasteiger partial charge in [-0.25, -0.2) is 0 Å². The quantitative estimate of drug-likeness (QED) is 0.305. The lowest BCUT2D eigenvalue weighted by atomic mass is 10.1. The molecule has 1 aromatic rings. The number of likely N-dealkylation sites (tertiary alicyclic amines) is 1. The maximum absolute atomic E-state index is 6.01. The number of ether oxygens (including phenoxy) is 3. The van der Waals surface area contributed by atoms with Crippen molar-refractivity contribution in [1.82, 2.24) is 15.1 Å². The number of nitrogens with one attached hydrogen (secondary N) is 1. The second kappa shape index (κ2) is 14.5. The van der Waals surface area contributed by atoms with Gasteiger partial charge in [0.25, 0.3) is 0 Å². The molecule has 2 saturated heterocycles. The minimum Gasteiger partial charge on any atom is -0.469 e. The summed E-state index contributed by atoms with van der Waals surface area (Å²) < 4.78 is 22.0. The Morgan fingerprint density at radius 2 is 2.00 bits per heavy atom. The first-order chi connectivity index (χ1) is 15.3. The van der Waals surface area contributed by atoms with Gasteiger partial charge in [0, 0.05) is 72.6 Å². The van der Waals surface area contributed by atoms with Crippen LogP contribution >= 0.6 is 0 Å². The van der Waals surface area contributed by atoms with Gasteiger partial charge in [0.2, 0.25) is 0 Å². The molecule has 0 unspecified atom stereocenters. The molecule has 1 N–H and O–H groups in total. The smallest absolute Gasteiger partial charge is 0.193 e. The first kappa shape index (κ1) is 24.0. The highest BCUT2D eigenvalue weighted by atomic mass is 16.5. The predicted octanol–water partition coefficient (Wildman–Crippen LogP) is 2.01. The van der Waals surface area contributed by atoms with Crippen molar-refractivity contribution in [3.8, 4) is 0 Å². The molecule has 176 valence electrons. The lowest BCUT2D eigenvalue weighted by Gasteiger charge is -2.34. The zero-order chi connectivity index (χ0) is 21.6. The molecule has 1 aromatic heterocycles. The fraction of sp³-hybridized carbons (Fsp3) is 0.783. The SMILES string of the molecule is COCCCOC1CCN(C(=NCCCN2CCOCC2)NCCc2ccco2)CC1. The van der Waals surface area contributed by atoms with E-state index in [1.165, 1.54) is 0 Å². The largest absolute Gasteiger partial charge is 0.469 e. The molecular formula is C23H40N4O4. The molecule has 0 saturated carbocycles. The van der Waals surface area contributed by atoms with Crippen LogP contribution < -0.4 is 5.32 Å². The zero-order valence-electron chi connectivity index (χ0n) is 19.1. The molecular weight excluding hydrogens is 396 g/mol. The number of hydrogen-bond acceptors (Lipinski definition) is 6. The molecule has 2 aliphatic rings. The van der Waals surface area contributed by atoms with Gasteiger partial charge in [-0.05, 0) is 37.8 Å². The number of rotatable bonds is 12. The van der Waals surface area contributed by atoms with Gasteiger partial charge in [0.1, 0.15) is 5.76 Å². The standard InChI is InChI=1S/C23H40N4O4/c1-28-16-4-18-31-22-7-12-27(13-8-22)23(25-10-6-21-5-2-17-30-21)24-9-3-11-26-14-19-29-20-15-26/h2,5,17,22H,3-4,6-16,18-20H2,1H3,(H,24,25). The molecule has 0 spiro atoms. The topological polar surface area (TPSA) is 71.7 Å². The van der Waals surface area contributed by atoms with E-state index in [0.717, 1.165) is 116 Å². The summed E-state index contributed by atoms with van der Waals surface area (Å²) in [6.07, 6.45) is 7.05. The van der Waals surface area contributed by atoms with E-state index in [0.29, 0.717) is 6.10 Å². The van der Waals surface area contributed by atoms with Crippen molar-refractivity contribution in [2.45, 2.75) is 38.2 Å². The van der Waals surface area contributed by atoms with Gasteiger partial charge in [-0.15, -0.1) is 0 Å². The van der Waals surface area contributed by atoms with Crippen LogP contribution in [0.2, 0.25) is 0 Å². The Kier molecular flexibility index (Phi) is 11.2. The number of hydrogen-bond donors (Lipinski definition) is 1. The molecule has 31 heavy (non-hydrogen) atoms. The lowest BCUT2D eigenvalue weighted by molar-refractivity contribution is 0.00988. The summed E-state index contributed by atoms with van der Waals surface area (Å²) in [5, 5.41) is 3.57. The first-order valence-electron chi connectivity index (χ1n) is 11.8. The van der Waals surface area contributed by atoms with E-state index < -0.39 is 0 Å². The molecule has 2 aliphatic heterocycles. The van der Waals surface area contributed by atoms with Crippen molar-refractivity contribution in [2.75, 3.05) is 79.4 Å². The van der Waals surface area contributed by atoms with Crippen LogP contribution in [-0.4, -0.2) is 101 Å². The third kappa shape index (κ3) is 9.19. The maximum atomic E-state index is 6.01. The Balaban J connectivity index is 1.42. The number of furan rings is 1. The Hall–Kier alpha value is -1.61. The Morgan fingerprint density at radius 1 is 1.16 bits per heavy atom. The van der Waals surface area contributed by atoms with Crippen LogP contribution in [-0.2, 0) is 20.6 Å². The summed E-state index contributed by atoms with van der Waals surface area (Å²) in [4.78, 5) is 9.80. The normalized spacial score (nSPS) is 19.1. The van der Waals surface area contributed by atoms with E-state index in [1.807, 2.05) is 12.1 Å². The van der Waals surface area contributed by atoms with Gasteiger partial charge in [-0.2, -0.15) is 0 Å². The van der Waals surface area contributed by atoms with E-state index in [2.05, 4.69) is 15.1 Å². The van der Waals surface area contributed by atoms with Crippen LogP contribution in [0.4, 0.5) is 0 Å². The molecule has 0 amide bonds. The zero-order valence-corrected chi connectivity index (χ0v) is 19.1. The molecule has 8 heteroatoms. The number of nitrogens with zero attached hydrogens (tertiary/aromatic N) is 3. The fourth-order valence-electron chi connectivity index (χ4n) is 4.01. The summed E-state index contributed by atoms with van der Waals surface area (Å²) in [7, 11) is 1.74. The van der Waals surface area contributed by atoms with Crippen LogP contribution in [0.3, 0.4) is 0 Å². The average molecular weight is 437 g/mol. The summed E-state index contributed by atoms with van der Waals surface area (Å²) in [5.74, 6) is 2.02. The lowest BCUT2D eigenvalue weighted by Crippen LogP contribution is -2.47. The molecule has 3 rings (SSSR count). The van der Waals surface area contributed by atoms with E-state index in [1.54, 1.807) is 13.4 Å². The highest BCUT2D eigenvalue weighted by Crippen LogP contribution is 2.14. The van der Waals surface area contributed by atoms with E-state index in [4.69, 9.17) is 23.6 Å². The number of piperidine rings is 1. The van der Waals surface area contributed by atoms with E-state index >= 15 is 0 Å². The molecule has 2 fully saturated rings. The van der Waals surface area contributed by atoms with Crippen molar-refractivity contribution in [1.29, 1.82) is 0 Å². The molecule has 0 bridgehead atoms. The second-order valence-corrected chi connectivity index (χ2v) is 8.17. The molecule has 8 nitrogen and oxygen atoms in total. The van der Waals surface area contributed by atoms with Gasteiger partial charge < -0.3 is 28.8 Å². The summed E-state index contributed by atoms with van der Waals surface area (Å²) >= 11 is 0. The van der Waals surface area contributed by atoms with Gasteiger partial charge >= 0.3 is 0 Å².